The zero-order valence-corrected chi connectivity index (χ0v) is 14.6. The van der Waals surface area contributed by atoms with Crippen molar-refractivity contribution >= 4 is 16.9 Å². The molecule has 5 nitrogen and oxygen atoms in total. The normalized spacial score (nSPS) is 14.5. The predicted molar refractivity (Wildman–Crippen MR) is 101 cm³/mol. The number of fused-ring (bicyclic) bond motifs is 1. The van der Waals surface area contributed by atoms with Crippen LogP contribution in [0.4, 0.5) is 5.82 Å². The monoisotopic (exact) mass is 333 g/mol. The molecule has 0 saturated heterocycles. The van der Waals surface area contributed by atoms with Gasteiger partial charge in [0.15, 0.2) is 11.5 Å². The Morgan fingerprint density at radius 2 is 2.20 bits per heavy atom. The van der Waals surface area contributed by atoms with Gasteiger partial charge in [0.05, 0.1) is 11.1 Å². The molecule has 0 fully saturated rings. The fraction of sp³-hybridized carbons (Fsp3) is 0.350. The Labute approximate surface area is 147 Å². The summed E-state index contributed by atoms with van der Waals surface area (Å²) in [6.07, 6.45) is 12.0. The summed E-state index contributed by atoms with van der Waals surface area (Å²) in [5.41, 5.74) is 4.62. The predicted octanol–water partition coefficient (Wildman–Crippen LogP) is 4.43. The number of rotatable bonds is 5. The smallest absolute Gasteiger partial charge is 0.168 e. The van der Waals surface area contributed by atoms with Crippen molar-refractivity contribution in [3.63, 3.8) is 0 Å². The van der Waals surface area contributed by atoms with Gasteiger partial charge in [0.2, 0.25) is 0 Å². The van der Waals surface area contributed by atoms with Crippen molar-refractivity contribution < 1.29 is 0 Å². The highest BCUT2D eigenvalue weighted by Gasteiger charge is 2.13. The van der Waals surface area contributed by atoms with Gasteiger partial charge >= 0.3 is 0 Å². The van der Waals surface area contributed by atoms with E-state index in [9.17, 15) is 0 Å². The molecule has 0 amide bonds. The van der Waals surface area contributed by atoms with Crippen LogP contribution in [-0.2, 0) is 0 Å². The molecule has 25 heavy (non-hydrogen) atoms. The molecule has 4 rings (SSSR count). The molecule has 1 aromatic carbocycles. The van der Waals surface area contributed by atoms with Gasteiger partial charge in [-0.25, -0.2) is 14.6 Å². The highest BCUT2D eigenvalue weighted by atomic mass is 15.3. The van der Waals surface area contributed by atoms with Crippen LogP contribution in [0, 0.1) is 6.92 Å². The number of hydrogen-bond donors (Lipinski definition) is 1. The number of nitrogens with one attached hydrogen (secondary N) is 1. The second-order valence-corrected chi connectivity index (χ2v) is 6.64. The van der Waals surface area contributed by atoms with Gasteiger partial charge in [-0.2, -0.15) is 0 Å². The van der Waals surface area contributed by atoms with Crippen molar-refractivity contribution in [2.24, 2.45) is 0 Å². The standard InChI is InChI=1S/C20H23N5/c1-15-6-5-9-17(12-15)25-20-18(13-21-14-23-20)19(24-25)22-11-10-16-7-3-2-4-8-16/h5-7,9,12-14H,2-4,8,10-11H2,1H3,(H,22,24). The fourth-order valence-corrected chi connectivity index (χ4v) is 3.40. The summed E-state index contributed by atoms with van der Waals surface area (Å²) in [6, 6.07) is 8.30. The lowest BCUT2D eigenvalue weighted by Gasteiger charge is -2.12. The van der Waals surface area contributed by atoms with E-state index in [1.54, 1.807) is 11.9 Å². The molecule has 3 aromatic rings. The molecule has 0 spiro atoms. The average Bonchev–Trinajstić information content (AvgIpc) is 3.02. The maximum Gasteiger partial charge on any atom is 0.168 e. The van der Waals surface area contributed by atoms with E-state index < -0.39 is 0 Å². The summed E-state index contributed by atoms with van der Waals surface area (Å²) >= 11 is 0. The van der Waals surface area contributed by atoms with Crippen LogP contribution in [0.2, 0.25) is 0 Å². The highest BCUT2D eigenvalue weighted by Crippen LogP contribution is 2.25. The van der Waals surface area contributed by atoms with Crippen LogP contribution in [0.5, 0.6) is 0 Å². The van der Waals surface area contributed by atoms with Gasteiger partial charge in [-0.1, -0.05) is 23.8 Å². The van der Waals surface area contributed by atoms with Crippen molar-refractivity contribution in [3.05, 3.63) is 54.0 Å². The number of nitrogens with zero attached hydrogens (tertiary/aromatic N) is 4. The Bertz CT molecular complexity index is 909. The van der Waals surface area contributed by atoms with Crippen LogP contribution in [0.25, 0.3) is 16.7 Å². The molecular weight excluding hydrogens is 310 g/mol. The van der Waals surface area contributed by atoms with Crippen molar-refractivity contribution in [1.29, 1.82) is 0 Å². The first-order valence-corrected chi connectivity index (χ1v) is 8.99. The SMILES string of the molecule is Cc1cccc(-n2nc(NCCC3=CCCCC3)c3cncnc32)c1. The summed E-state index contributed by atoms with van der Waals surface area (Å²) < 4.78 is 1.90. The van der Waals surface area contributed by atoms with Gasteiger partial charge < -0.3 is 5.32 Å². The van der Waals surface area contributed by atoms with Crippen LogP contribution in [0.15, 0.2) is 48.4 Å². The Balaban J connectivity index is 1.60. The largest absolute Gasteiger partial charge is 0.368 e. The number of allylic oxidation sites excluding steroid dienone is 1. The van der Waals surface area contributed by atoms with Crippen LogP contribution in [0.3, 0.4) is 0 Å². The van der Waals surface area contributed by atoms with Crippen LogP contribution in [0.1, 0.15) is 37.7 Å². The minimum absolute atomic E-state index is 0.833. The summed E-state index contributed by atoms with van der Waals surface area (Å²) in [5, 5.41) is 9.21. The first-order chi connectivity index (χ1) is 12.3. The maximum atomic E-state index is 4.77. The zero-order valence-electron chi connectivity index (χ0n) is 14.6. The number of aryl methyl sites for hydroxylation is 1. The molecule has 0 saturated carbocycles. The van der Waals surface area contributed by atoms with E-state index in [4.69, 9.17) is 5.10 Å². The summed E-state index contributed by atoms with van der Waals surface area (Å²) in [5.74, 6) is 0.855. The quantitative estimate of drug-likeness (QED) is 0.702. The number of anilines is 1. The van der Waals surface area contributed by atoms with E-state index in [0.29, 0.717) is 0 Å². The number of benzene rings is 1. The van der Waals surface area contributed by atoms with Crippen molar-refractivity contribution in [2.75, 3.05) is 11.9 Å². The Morgan fingerprint density at radius 3 is 3.04 bits per heavy atom. The molecule has 1 aliphatic rings. The third-order valence-corrected chi connectivity index (χ3v) is 4.72. The maximum absolute atomic E-state index is 4.77. The molecule has 0 unspecified atom stereocenters. The van der Waals surface area contributed by atoms with Gasteiger partial charge in [-0.05, 0) is 56.7 Å². The lowest BCUT2D eigenvalue weighted by atomic mass is 9.97. The third-order valence-electron chi connectivity index (χ3n) is 4.72. The van der Waals surface area contributed by atoms with Gasteiger partial charge in [-0.15, -0.1) is 5.10 Å². The lowest BCUT2D eigenvalue weighted by Crippen LogP contribution is -2.06. The van der Waals surface area contributed by atoms with Crippen LogP contribution >= 0.6 is 0 Å². The molecular formula is C20H23N5. The van der Waals surface area contributed by atoms with E-state index >= 15 is 0 Å². The molecule has 0 radical (unpaired) electrons. The van der Waals surface area contributed by atoms with Gasteiger partial charge in [-0.3, -0.25) is 0 Å². The Kier molecular flexibility index (Phi) is 4.46. The minimum Gasteiger partial charge on any atom is -0.368 e. The van der Waals surface area contributed by atoms with E-state index in [0.717, 1.165) is 35.5 Å². The van der Waals surface area contributed by atoms with E-state index in [1.165, 1.54) is 31.2 Å². The summed E-state index contributed by atoms with van der Waals surface area (Å²) in [7, 11) is 0. The minimum atomic E-state index is 0.833. The number of hydrogen-bond acceptors (Lipinski definition) is 4. The van der Waals surface area contributed by atoms with E-state index in [1.807, 2.05) is 16.9 Å². The first kappa shape index (κ1) is 15.8. The van der Waals surface area contributed by atoms with Crippen molar-refractivity contribution in [2.45, 2.75) is 39.0 Å². The van der Waals surface area contributed by atoms with Crippen LogP contribution < -0.4 is 5.32 Å². The first-order valence-electron chi connectivity index (χ1n) is 8.99. The second kappa shape index (κ2) is 7.05. The molecule has 1 N–H and O–H groups in total. The van der Waals surface area contributed by atoms with Crippen molar-refractivity contribution in [1.82, 2.24) is 19.7 Å². The topological polar surface area (TPSA) is 55.6 Å². The Hall–Kier alpha value is -2.69. The van der Waals surface area contributed by atoms with E-state index in [2.05, 4.69) is 46.5 Å². The van der Waals surface area contributed by atoms with Crippen LogP contribution in [-0.4, -0.2) is 26.3 Å². The van der Waals surface area contributed by atoms with Gasteiger partial charge in [0.25, 0.3) is 0 Å². The Morgan fingerprint density at radius 1 is 1.24 bits per heavy atom. The molecule has 0 aliphatic heterocycles. The molecule has 5 heteroatoms. The molecule has 2 aromatic heterocycles. The fourth-order valence-electron chi connectivity index (χ4n) is 3.40. The van der Waals surface area contributed by atoms with Crippen molar-refractivity contribution in [3.8, 4) is 5.69 Å². The summed E-state index contributed by atoms with van der Waals surface area (Å²) in [4.78, 5) is 8.62. The molecule has 0 atom stereocenters. The number of aromatic nitrogens is 4. The summed E-state index contributed by atoms with van der Waals surface area (Å²) in [6.45, 7) is 2.97. The molecule has 128 valence electrons. The third kappa shape index (κ3) is 3.40. The molecule has 0 bridgehead atoms. The second-order valence-electron chi connectivity index (χ2n) is 6.64. The lowest BCUT2D eigenvalue weighted by molar-refractivity contribution is 0.679. The average molecular weight is 333 g/mol. The molecule has 1 aliphatic carbocycles. The molecule has 2 heterocycles. The van der Waals surface area contributed by atoms with Gasteiger partial charge in [0, 0.05) is 12.7 Å². The van der Waals surface area contributed by atoms with E-state index in [-0.39, 0.29) is 0 Å². The zero-order chi connectivity index (χ0) is 17.1. The highest BCUT2D eigenvalue weighted by molar-refractivity contribution is 5.87. The van der Waals surface area contributed by atoms with Gasteiger partial charge in [0.1, 0.15) is 6.33 Å².